The van der Waals surface area contributed by atoms with Crippen molar-refractivity contribution >= 4 is 17.4 Å². The van der Waals surface area contributed by atoms with Gasteiger partial charge < -0.3 is 10.6 Å². The van der Waals surface area contributed by atoms with Crippen molar-refractivity contribution in [2.45, 2.75) is 26.1 Å². The number of nitrogens with zero attached hydrogens (tertiary/aromatic N) is 1. The fraction of sp³-hybridized carbons (Fsp3) is 0.250. The first-order chi connectivity index (χ1) is 10.8. The lowest BCUT2D eigenvalue weighted by Crippen LogP contribution is -2.18. The molecule has 1 amide bonds. The Morgan fingerprint density at radius 2 is 1.83 bits per heavy atom. The molecule has 0 aliphatic rings. The summed E-state index contributed by atoms with van der Waals surface area (Å²) in [5, 5.41) is 5.50. The van der Waals surface area contributed by atoms with Gasteiger partial charge in [0.1, 0.15) is 5.82 Å². The molecule has 1 aromatic carbocycles. The summed E-state index contributed by atoms with van der Waals surface area (Å²) in [6, 6.07) is 8.06. The zero-order valence-corrected chi connectivity index (χ0v) is 12.6. The highest BCUT2D eigenvalue weighted by atomic mass is 19.4. The normalized spacial score (nSPS) is 11.4. The summed E-state index contributed by atoms with van der Waals surface area (Å²) in [6.45, 7) is 3.90. The van der Waals surface area contributed by atoms with Crippen molar-refractivity contribution in [1.29, 1.82) is 0 Å². The summed E-state index contributed by atoms with van der Waals surface area (Å²) in [4.78, 5) is 16.2. The van der Waals surface area contributed by atoms with Crippen LogP contribution in [0.2, 0.25) is 0 Å². The molecule has 0 atom stereocenters. The minimum atomic E-state index is -4.59. The van der Waals surface area contributed by atoms with Crippen molar-refractivity contribution in [3.05, 3.63) is 53.7 Å². The quantitative estimate of drug-likeness (QED) is 0.888. The van der Waals surface area contributed by atoms with Crippen molar-refractivity contribution in [3.63, 3.8) is 0 Å². The van der Waals surface area contributed by atoms with Crippen LogP contribution in [0.4, 0.5) is 24.7 Å². The molecule has 4 nitrogen and oxygen atoms in total. The second kappa shape index (κ2) is 6.68. The van der Waals surface area contributed by atoms with E-state index in [0.717, 1.165) is 12.1 Å². The summed E-state index contributed by atoms with van der Waals surface area (Å²) >= 11 is 0. The molecule has 122 valence electrons. The van der Waals surface area contributed by atoms with Crippen LogP contribution in [0.25, 0.3) is 0 Å². The molecule has 0 aliphatic heterocycles. The van der Waals surface area contributed by atoms with Crippen molar-refractivity contribution in [3.8, 4) is 0 Å². The van der Waals surface area contributed by atoms with Gasteiger partial charge in [0.25, 0.3) is 5.91 Å². The number of pyridine rings is 1. The maximum Gasteiger partial charge on any atom is 0.417 e. The predicted molar refractivity (Wildman–Crippen MR) is 82.4 cm³/mol. The number of hydrogen-bond acceptors (Lipinski definition) is 3. The molecule has 0 radical (unpaired) electrons. The van der Waals surface area contributed by atoms with E-state index in [0.29, 0.717) is 11.5 Å². The summed E-state index contributed by atoms with van der Waals surface area (Å²) in [7, 11) is 0. The lowest BCUT2D eigenvalue weighted by atomic mass is 10.1. The number of carbonyl (C=O) groups excluding carboxylic acids is 1. The number of carbonyl (C=O) groups is 1. The Bertz CT molecular complexity index is 682. The standard InChI is InChI=1S/C16H16F3N3O/c1-10(2)21-14-8-7-11(9-20-14)22-15(23)12-5-3-4-6-13(12)16(17,18)19/h3-10H,1-2H3,(H,20,21)(H,22,23). The van der Waals surface area contributed by atoms with Crippen LogP contribution >= 0.6 is 0 Å². The highest BCUT2D eigenvalue weighted by molar-refractivity contribution is 6.05. The first kappa shape index (κ1) is 16.8. The Morgan fingerprint density at radius 1 is 1.13 bits per heavy atom. The van der Waals surface area contributed by atoms with E-state index in [2.05, 4.69) is 15.6 Å². The number of nitrogens with one attached hydrogen (secondary N) is 2. The molecule has 2 rings (SSSR count). The number of alkyl halides is 3. The first-order valence-corrected chi connectivity index (χ1v) is 6.97. The molecule has 23 heavy (non-hydrogen) atoms. The fourth-order valence-electron chi connectivity index (χ4n) is 1.98. The van der Waals surface area contributed by atoms with Crippen LogP contribution in [0.3, 0.4) is 0 Å². The summed E-state index contributed by atoms with van der Waals surface area (Å²) in [5.74, 6) is -0.210. The van der Waals surface area contributed by atoms with Crippen LogP contribution < -0.4 is 10.6 Å². The third-order valence-corrected chi connectivity index (χ3v) is 2.93. The second-order valence-corrected chi connectivity index (χ2v) is 5.23. The second-order valence-electron chi connectivity index (χ2n) is 5.23. The van der Waals surface area contributed by atoms with Gasteiger partial charge in [0.05, 0.1) is 23.0 Å². The van der Waals surface area contributed by atoms with E-state index in [9.17, 15) is 18.0 Å². The summed E-state index contributed by atoms with van der Waals surface area (Å²) in [6.07, 6.45) is -3.20. The van der Waals surface area contributed by atoms with Crippen molar-refractivity contribution in [2.75, 3.05) is 10.6 Å². The van der Waals surface area contributed by atoms with Crippen LogP contribution in [-0.4, -0.2) is 16.9 Å². The van der Waals surface area contributed by atoms with Crippen molar-refractivity contribution in [2.24, 2.45) is 0 Å². The average molecular weight is 323 g/mol. The van der Waals surface area contributed by atoms with E-state index >= 15 is 0 Å². The summed E-state index contributed by atoms with van der Waals surface area (Å²) in [5.41, 5.74) is -1.07. The number of aromatic nitrogens is 1. The number of rotatable bonds is 4. The highest BCUT2D eigenvalue weighted by Crippen LogP contribution is 2.32. The van der Waals surface area contributed by atoms with Gasteiger partial charge >= 0.3 is 6.18 Å². The van der Waals surface area contributed by atoms with E-state index in [1.807, 2.05) is 13.8 Å². The molecule has 0 unspecified atom stereocenters. The third-order valence-electron chi connectivity index (χ3n) is 2.93. The number of amides is 1. The number of benzene rings is 1. The zero-order valence-electron chi connectivity index (χ0n) is 12.6. The van der Waals surface area contributed by atoms with E-state index in [4.69, 9.17) is 0 Å². The van der Waals surface area contributed by atoms with E-state index in [-0.39, 0.29) is 6.04 Å². The first-order valence-electron chi connectivity index (χ1n) is 6.97. The van der Waals surface area contributed by atoms with Gasteiger partial charge in [0.15, 0.2) is 0 Å². The third kappa shape index (κ3) is 4.45. The molecular formula is C16H16F3N3O. The Morgan fingerprint density at radius 3 is 2.39 bits per heavy atom. The molecule has 7 heteroatoms. The number of halogens is 3. The maximum absolute atomic E-state index is 12.9. The molecule has 0 saturated heterocycles. The highest BCUT2D eigenvalue weighted by Gasteiger charge is 2.34. The van der Waals surface area contributed by atoms with Gasteiger partial charge in [-0.3, -0.25) is 4.79 Å². The van der Waals surface area contributed by atoms with Gasteiger partial charge in [-0.15, -0.1) is 0 Å². The summed E-state index contributed by atoms with van der Waals surface area (Å²) < 4.78 is 38.8. The Kier molecular flexibility index (Phi) is 4.88. The molecule has 0 saturated carbocycles. The molecule has 2 aromatic rings. The van der Waals surface area contributed by atoms with Gasteiger partial charge in [0.2, 0.25) is 0 Å². The smallest absolute Gasteiger partial charge is 0.368 e. The topological polar surface area (TPSA) is 54.0 Å². The number of hydrogen-bond donors (Lipinski definition) is 2. The molecule has 0 aliphatic carbocycles. The fourth-order valence-corrected chi connectivity index (χ4v) is 1.98. The van der Waals surface area contributed by atoms with Gasteiger partial charge in [-0.1, -0.05) is 12.1 Å². The lowest BCUT2D eigenvalue weighted by Gasteiger charge is -2.13. The van der Waals surface area contributed by atoms with E-state index in [1.165, 1.54) is 18.3 Å². The minimum absolute atomic E-state index is 0.196. The predicted octanol–water partition coefficient (Wildman–Crippen LogP) is 4.17. The van der Waals surface area contributed by atoms with Crippen LogP contribution in [-0.2, 0) is 6.18 Å². The van der Waals surface area contributed by atoms with Gasteiger partial charge in [-0.2, -0.15) is 13.2 Å². The monoisotopic (exact) mass is 323 g/mol. The number of anilines is 2. The van der Waals surface area contributed by atoms with Gasteiger partial charge in [-0.05, 0) is 38.1 Å². The van der Waals surface area contributed by atoms with Crippen LogP contribution in [0.15, 0.2) is 42.6 Å². The Hall–Kier alpha value is -2.57. The molecule has 0 fully saturated rings. The maximum atomic E-state index is 12.9. The minimum Gasteiger partial charge on any atom is -0.368 e. The van der Waals surface area contributed by atoms with Gasteiger partial charge in [-0.25, -0.2) is 4.98 Å². The molecular weight excluding hydrogens is 307 g/mol. The SMILES string of the molecule is CC(C)Nc1ccc(NC(=O)c2ccccc2C(F)(F)F)cn1. The van der Waals surface area contributed by atoms with Crippen molar-refractivity contribution in [1.82, 2.24) is 4.98 Å². The van der Waals surface area contributed by atoms with Crippen LogP contribution in [0, 0.1) is 0 Å². The van der Waals surface area contributed by atoms with Crippen LogP contribution in [0.5, 0.6) is 0 Å². The Labute approximate surface area is 131 Å². The van der Waals surface area contributed by atoms with E-state index < -0.39 is 23.2 Å². The molecule has 2 N–H and O–H groups in total. The molecule has 0 bridgehead atoms. The molecule has 1 heterocycles. The van der Waals surface area contributed by atoms with Gasteiger partial charge in [0, 0.05) is 6.04 Å². The van der Waals surface area contributed by atoms with E-state index in [1.54, 1.807) is 12.1 Å². The van der Waals surface area contributed by atoms with Crippen molar-refractivity contribution < 1.29 is 18.0 Å². The average Bonchev–Trinajstić information content (AvgIpc) is 2.48. The molecule has 0 spiro atoms. The zero-order chi connectivity index (χ0) is 17.0. The molecule has 1 aromatic heterocycles. The van der Waals surface area contributed by atoms with Crippen LogP contribution in [0.1, 0.15) is 29.8 Å². The lowest BCUT2D eigenvalue weighted by molar-refractivity contribution is -0.137. The Balaban J connectivity index is 2.17. The largest absolute Gasteiger partial charge is 0.417 e.